The second kappa shape index (κ2) is 6.05. The maximum atomic E-state index is 5.75. The van der Waals surface area contributed by atoms with Crippen LogP contribution in [0.5, 0.6) is 0 Å². The predicted octanol–water partition coefficient (Wildman–Crippen LogP) is 1.24. The summed E-state index contributed by atoms with van der Waals surface area (Å²) in [5.41, 5.74) is 5.75. The quantitative estimate of drug-likeness (QED) is 0.579. The Morgan fingerprint density at radius 1 is 1.27 bits per heavy atom. The first kappa shape index (κ1) is 12.4. The second-order valence-corrected chi connectivity index (χ2v) is 4.80. The Morgan fingerprint density at radius 3 is 2.67 bits per heavy atom. The Balaban J connectivity index is 0.000000531. The molecule has 0 aliphatic heterocycles. The van der Waals surface area contributed by atoms with Crippen molar-refractivity contribution in [3.63, 3.8) is 0 Å². The van der Waals surface area contributed by atoms with E-state index in [1.54, 1.807) is 0 Å². The lowest BCUT2D eigenvalue weighted by atomic mass is 10.2. The van der Waals surface area contributed by atoms with Gasteiger partial charge in [0.25, 0.3) is 0 Å². The van der Waals surface area contributed by atoms with Gasteiger partial charge in [0.1, 0.15) is 12.1 Å². The molecular formula is C11H16IN3. The molecule has 0 saturated carbocycles. The summed E-state index contributed by atoms with van der Waals surface area (Å²) in [5.74, 6) is 0.590. The summed E-state index contributed by atoms with van der Waals surface area (Å²) in [4.78, 5) is 8.17. The molecule has 1 aliphatic carbocycles. The number of hydrogen-bond acceptors (Lipinski definition) is 3. The molecule has 0 saturated heterocycles. The maximum absolute atomic E-state index is 5.75. The Labute approximate surface area is 104 Å². The first-order valence-electron chi connectivity index (χ1n) is 5.18. The van der Waals surface area contributed by atoms with Gasteiger partial charge in [-0.3, -0.25) is 0 Å². The molecule has 0 fully saturated rings. The van der Waals surface area contributed by atoms with E-state index in [9.17, 15) is 0 Å². The summed E-state index contributed by atoms with van der Waals surface area (Å²) < 4.78 is 0.645. The average Bonchev–Trinajstić information content (AvgIpc) is 2.45. The van der Waals surface area contributed by atoms with Crippen LogP contribution in [-0.4, -0.2) is 13.9 Å². The third-order valence-electron chi connectivity index (χ3n) is 2.09. The van der Waals surface area contributed by atoms with Gasteiger partial charge in [-0.2, -0.15) is 0 Å². The summed E-state index contributed by atoms with van der Waals surface area (Å²) in [6.07, 6.45) is 7.88. The fourth-order valence-corrected chi connectivity index (χ4v) is 1.89. The van der Waals surface area contributed by atoms with Crippen molar-refractivity contribution in [3.8, 4) is 0 Å². The number of nitrogens with two attached hydrogens (primary N) is 1. The van der Waals surface area contributed by atoms with Crippen molar-refractivity contribution < 1.29 is 0 Å². The molecule has 82 valence electrons. The van der Waals surface area contributed by atoms with Crippen LogP contribution in [0.15, 0.2) is 6.33 Å². The van der Waals surface area contributed by atoms with Gasteiger partial charge in [-0.05, 0) is 12.8 Å². The monoisotopic (exact) mass is 317 g/mol. The van der Waals surface area contributed by atoms with E-state index in [2.05, 4.69) is 44.7 Å². The minimum atomic E-state index is 0.590. The summed E-state index contributed by atoms with van der Waals surface area (Å²) in [5, 5.41) is 1.98. The number of aromatic nitrogens is 2. The molecule has 1 aliphatic rings. The van der Waals surface area contributed by atoms with E-state index in [1.807, 2.05) is 13.8 Å². The Bertz CT molecular complexity index is 428. The van der Waals surface area contributed by atoms with E-state index in [1.165, 1.54) is 6.33 Å². The number of alkyl halides is 1. The van der Waals surface area contributed by atoms with Gasteiger partial charge in [-0.1, -0.05) is 48.6 Å². The fraction of sp³-hybridized carbons (Fsp3) is 0.455. The molecule has 0 aromatic carbocycles. The van der Waals surface area contributed by atoms with Gasteiger partial charge >= 0.3 is 0 Å². The summed E-state index contributed by atoms with van der Waals surface area (Å²) in [6, 6.07) is 0. The van der Waals surface area contributed by atoms with Crippen LogP contribution in [0.4, 0.5) is 5.82 Å². The molecule has 0 bridgehead atoms. The van der Waals surface area contributed by atoms with Gasteiger partial charge in [0, 0.05) is 9.14 Å². The Hall–Kier alpha value is -0.650. The smallest absolute Gasteiger partial charge is 0.134 e. The molecule has 3 nitrogen and oxygen atoms in total. The van der Waals surface area contributed by atoms with Crippen LogP contribution in [-0.2, 0) is 0 Å². The van der Waals surface area contributed by atoms with Gasteiger partial charge in [0.05, 0.1) is 5.35 Å². The molecule has 1 aromatic heterocycles. The molecule has 1 heterocycles. The lowest BCUT2D eigenvalue weighted by molar-refractivity contribution is 0.985. The van der Waals surface area contributed by atoms with E-state index in [4.69, 9.17) is 5.73 Å². The highest BCUT2D eigenvalue weighted by atomic mass is 127. The van der Waals surface area contributed by atoms with Crippen molar-refractivity contribution in [3.05, 3.63) is 16.9 Å². The number of fused-ring (bicyclic) bond motifs is 1. The van der Waals surface area contributed by atoms with Gasteiger partial charge in [0.2, 0.25) is 0 Å². The largest absolute Gasteiger partial charge is 0.383 e. The summed E-state index contributed by atoms with van der Waals surface area (Å²) in [6.45, 7) is 4.00. The lowest BCUT2D eigenvalue weighted by Crippen LogP contribution is -2.31. The molecule has 15 heavy (non-hydrogen) atoms. The van der Waals surface area contributed by atoms with Crippen LogP contribution in [0.2, 0.25) is 0 Å². The molecule has 1 atom stereocenters. The van der Waals surface area contributed by atoms with E-state index >= 15 is 0 Å². The zero-order chi connectivity index (χ0) is 11.3. The number of anilines is 1. The normalized spacial score (nSPS) is 18.5. The fourth-order valence-electron chi connectivity index (χ4n) is 1.38. The number of nitrogen functional groups attached to an aromatic ring is 1. The second-order valence-electron chi connectivity index (χ2n) is 3.03. The lowest BCUT2D eigenvalue weighted by Gasteiger charge is -1.97. The van der Waals surface area contributed by atoms with Crippen LogP contribution in [0.3, 0.4) is 0 Å². The van der Waals surface area contributed by atoms with E-state index < -0.39 is 0 Å². The number of halogens is 1. The van der Waals surface area contributed by atoms with Gasteiger partial charge < -0.3 is 5.73 Å². The molecule has 0 amide bonds. The molecule has 2 rings (SSSR count). The summed E-state index contributed by atoms with van der Waals surface area (Å²) >= 11 is 2.44. The van der Waals surface area contributed by atoms with Gasteiger partial charge in [0.15, 0.2) is 0 Å². The third kappa shape index (κ3) is 3.15. The molecule has 4 heteroatoms. The van der Waals surface area contributed by atoms with Crippen molar-refractivity contribution in [2.45, 2.75) is 30.6 Å². The number of rotatable bonds is 0. The van der Waals surface area contributed by atoms with Crippen LogP contribution < -0.4 is 16.3 Å². The van der Waals surface area contributed by atoms with Crippen molar-refractivity contribution in [1.82, 2.24) is 9.97 Å². The minimum Gasteiger partial charge on any atom is -0.383 e. The van der Waals surface area contributed by atoms with Crippen molar-refractivity contribution >= 4 is 40.6 Å². The molecule has 0 spiro atoms. The topological polar surface area (TPSA) is 51.8 Å². The number of hydrogen-bond donors (Lipinski definition) is 1. The van der Waals surface area contributed by atoms with Crippen LogP contribution in [0.1, 0.15) is 26.7 Å². The molecule has 0 radical (unpaired) electrons. The van der Waals surface area contributed by atoms with Crippen molar-refractivity contribution in [2.75, 3.05) is 5.73 Å². The summed E-state index contributed by atoms with van der Waals surface area (Å²) in [7, 11) is 0. The molecule has 1 unspecified atom stereocenters. The third-order valence-corrected chi connectivity index (χ3v) is 3.11. The van der Waals surface area contributed by atoms with Crippen LogP contribution in [0, 0.1) is 0 Å². The molecule has 1 aromatic rings. The molecular weight excluding hydrogens is 301 g/mol. The van der Waals surface area contributed by atoms with Crippen molar-refractivity contribution in [1.29, 1.82) is 0 Å². The van der Waals surface area contributed by atoms with Gasteiger partial charge in [-0.25, -0.2) is 9.97 Å². The van der Waals surface area contributed by atoms with E-state index in [0.717, 1.165) is 23.4 Å². The highest BCUT2D eigenvalue weighted by molar-refractivity contribution is 14.1. The Kier molecular flexibility index (Phi) is 5.01. The maximum Gasteiger partial charge on any atom is 0.134 e. The zero-order valence-electron chi connectivity index (χ0n) is 9.07. The SMILES string of the molecule is CC.Nc1ncnc2c1=CCC(I)CC=2. The minimum absolute atomic E-state index is 0.590. The predicted molar refractivity (Wildman–Crippen MR) is 73.0 cm³/mol. The highest BCUT2D eigenvalue weighted by Gasteiger charge is 2.04. The van der Waals surface area contributed by atoms with Crippen LogP contribution >= 0.6 is 22.6 Å². The average molecular weight is 317 g/mol. The Morgan fingerprint density at radius 2 is 1.93 bits per heavy atom. The van der Waals surface area contributed by atoms with E-state index in [0.29, 0.717) is 9.74 Å². The first-order chi connectivity index (χ1) is 7.27. The van der Waals surface area contributed by atoms with Crippen LogP contribution in [0.25, 0.3) is 12.2 Å². The van der Waals surface area contributed by atoms with Gasteiger partial charge in [-0.15, -0.1) is 0 Å². The standard InChI is InChI=1S/C9H10IN3.C2H6/c10-6-1-3-7-8(4-2-6)12-5-13-9(7)11;1-2/h3-6H,1-2H2,(H2,11,12,13);1-2H3. The van der Waals surface area contributed by atoms with E-state index in [-0.39, 0.29) is 0 Å². The zero-order valence-corrected chi connectivity index (χ0v) is 11.2. The van der Waals surface area contributed by atoms with Crippen molar-refractivity contribution in [2.24, 2.45) is 0 Å². The first-order valence-corrected chi connectivity index (χ1v) is 6.43. The highest BCUT2D eigenvalue weighted by Crippen LogP contribution is 2.12. The number of nitrogens with zero attached hydrogens (tertiary/aromatic N) is 2. The molecule has 2 N–H and O–H groups in total.